The number of para-hydroxylation sites is 1. The lowest BCUT2D eigenvalue weighted by molar-refractivity contribution is 1.41. The zero-order chi connectivity index (χ0) is 12.4. The molecule has 0 fully saturated rings. The van der Waals surface area contributed by atoms with Crippen molar-refractivity contribution in [1.82, 2.24) is 0 Å². The Kier molecular flexibility index (Phi) is 3.25. The molecule has 0 heterocycles. The molecule has 88 valence electrons. The molecule has 0 unspecified atom stereocenters. The molecule has 0 spiro atoms. The monoisotopic (exact) mass is 246 g/mol. The summed E-state index contributed by atoms with van der Waals surface area (Å²) in [7, 11) is 0. The Hall–Kier alpha value is -1.67. The van der Waals surface area contributed by atoms with Gasteiger partial charge in [-0.15, -0.1) is 0 Å². The number of anilines is 3. The van der Waals surface area contributed by atoms with Crippen molar-refractivity contribution in [2.75, 3.05) is 11.1 Å². The molecule has 2 rings (SSSR count). The summed E-state index contributed by atoms with van der Waals surface area (Å²) >= 11 is 6.16. The van der Waals surface area contributed by atoms with Crippen LogP contribution in [0.15, 0.2) is 36.4 Å². The fraction of sp³-hybridized carbons (Fsp3) is 0.143. The molecule has 0 atom stereocenters. The predicted octanol–water partition coefficient (Wildman–Crippen LogP) is 4.28. The third kappa shape index (κ3) is 2.53. The third-order valence-corrected chi connectivity index (χ3v) is 3.09. The van der Waals surface area contributed by atoms with Crippen LogP contribution in [-0.4, -0.2) is 0 Å². The van der Waals surface area contributed by atoms with Crippen LogP contribution in [0.3, 0.4) is 0 Å². The molecule has 0 saturated heterocycles. The Balaban J connectivity index is 2.35. The molecule has 0 radical (unpaired) electrons. The van der Waals surface area contributed by atoms with E-state index in [1.54, 1.807) is 0 Å². The Labute approximate surface area is 106 Å². The fourth-order valence-electron chi connectivity index (χ4n) is 1.65. The molecule has 0 amide bonds. The van der Waals surface area contributed by atoms with Gasteiger partial charge in [0.05, 0.1) is 10.7 Å². The van der Waals surface area contributed by atoms with Crippen LogP contribution >= 0.6 is 11.6 Å². The van der Waals surface area contributed by atoms with Gasteiger partial charge in [-0.25, -0.2) is 0 Å². The van der Waals surface area contributed by atoms with E-state index in [1.165, 1.54) is 0 Å². The van der Waals surface area contributed by atoms with E-state index in [0.29, 0.717) is 5.02 Å². The summed E-state index contributed by atoms with van der Waals surface area (Å²) < 4.78 is 0. The van der Waals surface area contributed by atoms with E-state index in [9.17, 15) is 0 Å². The largest absolute Gasteiger partial charge is 0.398 e. The smallest absolute Gasteiger partial charge is 0.0643 e. The number of nitrogen functional groups attached to an aromatic ring is 1. The molecule has 0 aliphatic rings. The van der Waals surface area contributed by atoms with Gasteiger partial charge in [0.2, 0.25) is 0 Å². The number of halogens is 1. The summed E-state index contributed by atoms with van der Waals surface area (Å²) in [5.74, 6) is 0. The molecular weight excluding hydrogens is 232 g/mol. The molecule has 3 heteroatoms. The van der Waals surface area contributed by atoms with Crippen LogP contribution in [0.2, 0.25) is 5.02 Å². The minimum atomic E-state index is 0.712. The zero-order valence-corrected chi connectivity index (χ0v) is 10.7. The van der Waals surface area contributed by atoms with E-state index in [4.69, 9.17) is 17.3 Å². The van der Waals surface area contributed by atoms with Crippen LogP contribution in [-0.2, 0) is 0 Å². The first-order valence-corrected chi connectivity index (χ1v) is 5.84. The van der Waals surface area contributed by atoms with Gasteiger partial charge in [0, 0.05) is 11.4 Å². The Morgan fingerprint density at radius 3 is 2.47 bits per heavy atom. The van der Waals surface area contributed by atoms with Crippen molar-refractivity contribution in [3.8, 4) is 0 Å². The highest BCUT2D eigenvalue weighted by Gasteiger charge is 2.04. The standard InChI is InChI=1S/C14H15ClN2/c1-9-6-7-11(8-13(9)16)17-14-10(2)4-3-5-12(14)15/h3-8,17H,16H2,1-2H3. The summed E-state index contributed by atoms with van der Waals surface area (Å²) in [4.78, 5) is 0. The van der Waals surface area contributed by atoms with Gasteiger partial charge in [-0.3, -0.25) is 0 Å². The van der Waals surface area contributed by atoms with Gasteiger partial charge in [0.1, 0.15) is 0 Å². The molecule has 2 nitrogen and oxygen atoms in total. The van der Waals surface area contributed by atoms with Gasteiger partial charge in [-0.05, 0) is 43.2 Å². The Morgan fingerprint density at radius 1 is 1.06 bits per heavy atom. The molecule has 0 bridgehead atoms. The number of hydrogen-bond acceptors (Lipinski definition) is 2. The first-order chi connectivity index (χ1) is 8.08. The van der Waals surface area contributed by atoms with E-state index >= 15 is 0 Å². The number of aryl methyl sites for hydroxylation is 2. The third-order valence-electron chi connectivity index (χ3n) is 2.77. The van der Waals surface area contributed by atoms with Gasteiger partial charge >= 0.3 is 0 Å². The number of hydrogen-bond donors (Lipinski definition) is 2. The second-order valence-corrected chi connectivity index (χ2v) is 4.54. The van der Waals surface area contributed by atoms with Gasteiger partial charge in [0.15, 0.2) is 0 Å². The topological polar surface area (TPSA) is 38.0 Å². The highest BCUT2D eigenvalue weighted by Crippen LogP contribution is 2.29. The first-order valence-electron chi connectivity index (χ1n) is 5.46. The first kappa shape index (κ1) is 11.8. The summed E-state index contributed by atoms with van der Waals surface area (Å²) in [6, 6.07) is 11.7. The second kappa shape index (κ2) is 4.68. The summed E-state index contributed by atoms with van der Waals surface area (Å²) in [6.45, 7) is 4.01. The summed E-state index contributed by atoms with van der Waals surface area (Å²) in [5, 5.41) is 4.01. The highest BCUT2D eigenvalue weighted by molar-refractivity contribution is 6.33. The number of benzene rings is 2. The maximum Gasteiger partial charge on any atom is 0.0643 e. The lowest BCUT2D eigenvalue weighted by Crippen LogP contribution is -1.96. The van der Waals surface area contributed by atoms with Crippen LogP contribution < -0.4 is 11.1 Å². The van der Waals surface area contributed by atoms with E-state index in [0.717, 1.165) is 28.2 Å². The number of rotatable bonds is 2. The number of nitrogens with one attached hydrogen (secondary N) is 1. The van der Waals surface area contributed by atoms with Gasteiger partial charge in [0.25, 0.3) is 0 Å². The molecular formula is C14H15ClN2. The minimum Gasteiger partial charge on any atom is -0.398 e. The van der Waals surface area contributed by atoms with Crippen molar-refractivity contribution in [3.63, 3.8) is 0 Å². The molecule has 2 aromatic rings. The van der Waals surface area contributed by atoms with Gasteiger partial charge in [-0.2, -0.15) is 0 Å². The molecule has 3 N–H and O–H groups in total. The molecule has 0 aromatic heterocycles. The second-order valence-electron chi connectivity index (χ2n) is 4.13. The van der Waals surface area contributed by atoms with Crippen LogP contribution in [0, 0.1) is 13.8 Å². The van der Waals surface area contributed by atoms with Crippen molar-refractivity contribution in [2.24, 2.45) is 0 Å². The zero-order valence-electron chi connectivity index (χ0n) is 9.92. The van der Waals surface area contributed by atoms with E-state index in [1.807, 2.05) is 50.2 Å². The predicted molar refractivity (Wildman–Crippen MR) is 75.1 cm³/mol. The lowest BCUT2D eigenvalue weighted by Gasteiger charge is -2.12. The quantitative estimate of drug-likeness (QED) is 0.776. The highest BCUT2D eigenvalue weighted by atomic mass is 35.5. The van der Waals surface area contributed by atoms with Crippen molar-refractivity contribution >= 4 is 28.7 Å². The summed E-state index contributed by atoms with van der Waals surface area (Å²) in [6.07, 6.45) is 0. The minimum absolute atomic E-state index is 0.712. The van der Waals surface area contributed by atoms with Crippen LogP contribution in [0.4, 0.5) is 17.1 Å². The normalized spacial score (nSPS) is 10.3. The summed E-state index contributed by atoms with van der Waals surface area (Å²) in [5.41, 5.74) is 10.7. The van der Waals surface area contributed by atoms with Crippen molar-refractivity contribution < 1.29 is 0 Å². The molecule has 0 aliphatic carbocycles. The lowest BCUT2D eigenvalue weighted by atomic mass is 10.1. The van der Waals surface area contributed by atoms with Crippen molar-refractivity contribution in [1.29, 1.82) is 0 Å². The fourth-order valence-corrected chi connectivity index (χ4v) is 1.92. The van der Waals surface area contributed by atoms with Crippen LogP contribution in [0.1, 0.15) is 11.1 Å². The molecule has 0 saturated carbocycles. The van der Waals surface area contributed by atoms with E-state index in [-0.39, 0.29) is 0 Å². The van der Waals surface area contributed by atoms with Crippen LogP contribution in [0.25, 0.3) is 0 Å². The van der Waals surface area contributed by atoms with Crippen molar-refractivity contribution in [2.45, 2.75) is 13.8 Å². The SMILES string of the molecule is Cc1ccc(Nc2c(C)cccc2Cl)cc1N. The van der Waals surface area contributed by atoms with E-state index < -0.39 is 0 Å². The molecule has 0 aliphatic heterocycles. The van der Waals surface area contributed by atoms with Crippen molar-refractivity contribution in [3.05, 3.63) is 52.5 Å². The number of nitrogens with two attached hydrogens (primary N) is 1. The maximum atomic E-state index is 6.16. The maximum absolute atomic E-state index is 6.16. The molecule has 2 aromatic carbocycles. The average Bonchev–Trinajstić information content (AvgIpc) is 2.28. The van der Waals surface area contributed by atoms with Crippen LogP contribution in [0.5, 0.6) is 0 Å². The van der Waals surface area contributed by atoms with Gasteiger partial charge in [-0.1, -0.05) is 29.8 Å². The average molecular weight is 247 g/mol. The Morgan fingerprint density at radius 2 is 1.82 bits per heavy atom. The Bertz CT molecular complexity index is 530. The van der Waals surface area contributed by atoms with E-state index in [2.05, 4.69) is 5.32 Å². The molecule has 17 heavy (non-hydrogen) atoms. The van der Waals surface area contributed by atoms with Gasteiger partial charge < -0.3 is 11.1 Å².